The summed E-state index contributed by atoms with van der Waals surface area (Å²) in [7, 11) is 0. The number of carbonyl (C=O) groups is 2. The molecule has 0 saturated carbocycles. The zero-order valence-electron chi connectivity index (χ0n) is 9.55. The summed E-state index contributed by atoms with van der Waals surface area (Å²) in [5.74, 6) is -0.915. The fourth-order valence-corrected chi connectivity index (χ4v) is 1.17. The average Bonchev–Trinajstić information content (AvgIpc) is 2.92. The van der Waals surface area contributed by atoms with Gasteiger partial charge in [0.1, 0.15) is 5.56 Å². The van der Waals surface area contributed by atoms with E-state index in [9.17, 15) is 19.7 Å². The van der Waals surface area contributed by atoms with Crippen molar-refractivity contribution >= 4 is 17.9 Å². The molecule has 0 amide bonds. The molecule has 98 valence electrons. The van der Waals surface area contributed by atoms with Gasteiger partial charge in [0.2, 0.25) is 0 Å². The molecule has 0 bridgehead atoms. The Morgan fingerprint density at radius 1 is 1.26 bits per heavy atom. The maximum absolute atomic E-state index is 10.4. The Morgan fingerprint density at radius 2 is 1.95 bits per heavy atom. The van der Waals surface area contributed by atoms with Crippen LogP contribution in [0.25, 0.3) is 0 Å². The van der Waals surface area contributed by atoms with Crippen LogP contribution < -0.4 is 0 Å². The summed E-state index contributed by atoms with van der Waals surface area (Å²) in [5, 5.41) is 18.8. The van der Waals surface area contributed by atoms with E-state index >= 15 is 0 Å². The third-order valence-electron chi connectivity index (χ3n) is 1.99. The van der Waals surface area contributed by atoms with Crippen molar-refractivity contribution in [2.45, 2.75) is 0 Å². The van der Waals surface area contributed by atoms with Gasteiger partial charge < -0.3 is 9.52 Å². The van der Waals surface area contributed by atoms with Crippen molar-refractivity contribution in [2.75, 3.05) is 0 Å². The highest BCUT2D eigenvalue weighted by molar-refractivity contribution is 5.92. The molecule has 0 aliphatic heterocycles. The highest BCUT2D eigenvalue weighted by Gasteiger charge is 2.17. The topological polar surface area (TPSA) is 111 Å². The minimum absolute atomic E-state index is 0.289. The molecule has 0 radical (unpaired) electrons. The van der Waals surface area contributed by atoms with Crippen LogP contribution in [-0.4, -0.2) is 22.3 Å². The van der Waals surface area contributed by atoms with Crippen LogP contribution in [0.4, 0.5) is 5.69 Å². The quantitative estimate of drug-likeness (QED) is 0.517. The zero-order valence-corrected chi connectivity index (χ0v) is 9.55. The average molecular weight is 263 g/mol. The second kappa shape index (κ2) is 6.70. The van der Waals surface area contributed by atoms with Gasteiger partial charge in [0, 0.05) is 6.07 Å². The van der Waals surface area contributed by atoms with E-state index in [-0.39, 0.29) is 11.3 Å². The number of aldehydes is 1. The summed E-state index contributed by atoms with van der Waals surface area (Å²) in [6.45, 7) is 0. The summed E-state index contributed by atoms with van der Waals surface area (Å²) in [6.07, 6.45) is 2.13. The standard InChI is InChI=1S/C7H5NO4.C5H4O2/c9-7(10)5-3-1-2-4-6(5)8(11)12;6-4-5-2-1-3-7-5/h1-4H,(H,9,10);1-4H. The van der Waals surface area contributed by atoms with Crippen LogP contribution >= 0.6 is 0 Å². The Balaban J connectivity index is 0.000000218. The van der Waals surface area contributed by atoms with Crippen molar-refractivity contribution in [2.24, 2.45) is 0 Å². The number of rotatable bonds is 3. The number of hydrogen-bond donors (Lipinski definition) is 1. The third kappa shape index (κ3) is 4.08. The molecule has 7 nitrogen and oxygen atoms in total. The summed E-state index contributed by atoms with van der Waals surface area (Å²) in [6, 6.07) is 8.49. The fraction of sp³-hybridized carbons (Fsp3) is 0. The highest BCUT2D eigenvalue weighted by Crippen LogP contribution is 2.16. The number of carbonyl (C=O) groups excluding carboxylic acids is 1. The molecule has 0 aliphatic carbocycles. The highest BCUT2D eigenvalue weighted by atomic mass is 16.6. The summed E-state index contributed by atoms with van der Waals surface area (Å²) in [5.41, 5.74) is -0.674. The maximum Gasteiger partial charge on any atom is 0.342 e. The van der Waals surface area contributed by atoms with Gasteiger partial charge in [0.15, 0.2) is 12.0 Å². The van der Waals surface area contributed by atoms with Gasteiger partial charge in [-0.25, -0.2) is 4.79 Å². The number of nitro benzene ring substituents is 1. The molecule has 19 heavy (non-hydrogen) atoms. The van der Waals surface area contributed by atoms with E-state index in [0.717, 1.165) is 6.07 Å². The first-order chi connectivity index (χ1) is 9.06. The fourth-order valence-electron chi connectivity index (χ4n) is 1.17. The Labute approximate surface area is 107 Å². The lowest BCUT2D eigenvalue weighted by Crippen LogP contribution is -2.01. The largest absolute Gasteiger partial charge is 0.477 e. The van der Waals surface area contributed by atoms with Crippen LogP contribution in [0.15, 0.2) is 47.1 Å². The van der Waals surface area contributed by atoms with Crippen molar-refractivity contribution in [3.05, 3.63) is 64.1 Å². The molecular formula is C12H9NO6. The molecule has 1 heterocycles. The van der Waals surface area contributed by atoms with E-state index in [4.69, 9.17) is 5.11 Å². The molecular weight excluding hydrogens is 254 g/mol. The Morgan fingerprint density at radius 3 is 2.32 bits per heavy atom. The SMILES string of the molecule is O=C(O)c1ccccc1[N+](=O)[O-].O=Cc1ccco1. The Bertz CT molecular complexity index is 543. The molecule has 0 aliphatic rings. The van der Waals surface area contributed by atoms with Crippen molar-refractivity contribution in [1.29, 1.82) is 0 Å². The van der Waals surface area contributed by atoms with Gasteiger partial charge in [-0.05, 0) is 18.2 Å². The summed E-state index contributed by atoms with van der Waals surface area (Å²) < 4.78 is 4.61. The van der Waals surface area contributed by atoms with Crippen LogP contribution in [0.2, 0.25) is 0 Å². The molecule has 1 aromatic carbocycles. The molecule has 2 rings (SSSR count). The lowest BCUT2D eigenvalue weighted by Gasteiger charge is -1.94. The summed E-state index contributed by atoms with van der Waals surface area (Å²) >= 11 is 0. The molecule has 0 spiro atoms. The molecule has 0 unspecified atom stereocenters. The zero-order chi connectivity index (χ0) is 14.3. The number of nitrogens with zero attached hydrogens (tertiary/aromatic N) is 1. The number of furan rings is 1. The molecule has 0 saturated heterocycles. The van der Waals surface area contributed by atoms with Crippen LogP contribution in [0.3, 0.4) is 0 Å². The number of carboxylic acid groups (broad SMARTS) is 1. The van der Waals surface area contributed by atoms with Crippen LogP contribution in [-0.2, 0) is 0 Å². The van der Waals surface area contributed by atoms with Gasteiger partial charge in [-0.15, -0.1) is 0 Å². The van der Waals surface area contributed by atoms with Crippen LogP contribution in [0.5, 0.6) is 0 Å². The normalized spacial score (nSPS) is 9.05. The summed E-state index contributed by atoms with van der Waals surface area (Å²) in [4.78, 5) is 29.7. The third-order valence-corrected chi connectivity index (χ3v) is 1.99. The Hall–Kier alpha value is -2.96. The van der Waals surface area contributed by atoms with Gasteiger partial charge in [-0.3, -0.25) is 14.9 Å². The van der Waals surface area contributed by atoms with Crippen molar-refractivity contribution < 1.29 is 24.0 Å². The molecule has 0 fully saturated rings. The smallest absolute Gasteiger partial charge is 0.342 e. The molecule has 1 N–H and O–H groups in total. The molecule has 7 heteroatoms. The molecule has 1 aromatic heterocycles. The van der Waals surface area contributed by atoms with Crippen molar-refractivity contribution in [3.63, 3.8) is 0 Å². The predicted octanol–water partition coefficient (Wildman–Crippen LogP) is 2.39. The van der Waals surface area contributed by atoms with Crippen LogP contribution in [0, 0.1) is 10.1 Å². The second-order valence-corrected chi connectivity index (χ2v) is 3.21. The van der Waals surface area contributed by atoms with Gasteiger partial charge in [-0.1, -0.05) is 12.1 Å². The number of carboxylic acids is 1. The van der Waals surface area contributed by atoms with Crippen LogP contribution in [0.1, 0.15) is 20.9 Å². The minimum atomic E-state index is -1.29. The van der Waals surface area contributed by atoms with E-state index in [1.54, 1.807) is 12.1 Å². The number of aromatic carboxylic acids is 1. The minimum Gasteiger partial charge on any atom is -0.477 e. The monoisotopic (exact) mass is 263 g/mol. The van der Waals surface area contributed by atoms with E-state index in [1.807, 2.05) is 0 Å². The van der Waals surface area contributed by atoms with Gasteiger partial charge in [-0.2, -0.15) is 0 Å². The first-order valence-corrected chi connectivity index (χ1v) is 5.01. The number of hydrogen-bond acceptors (Lipinski definition) is 5. The van der Waals surface area contributed by atoms with Gasteiger partial charge in [0.05, 0.1) is 11.2 Å². The number of benzene rings is 1. The lowest BCUT2D eigenvalue weighted by atomic mass is 10.2. The first kappa shape index (κ1) is 14.1. The van der Waals surface area contributed by atoms with E-state index in [1.165, 1.54) is 24.5 Å². The first-order valence-electron chi connectivity index (χ1n) is 5.01. The second-order valence-electron chi connectivity index (χ2n) is 3.21. The van der Waals surface area contributed by atoms with Crippen molar-refractivity contribution in [1.82, 2.24) is 0 Å². The Kier molecular flexibility index (Phi) is 4.97. The van der Waals surface area contributed by atoms with E-state index in [0.29, 0.717) is 12.0 Å². The van der Waals surface area contributed by atoms with Gasteiger partial charge >= 0.3 is 5.97 Å². The number of nitro groups is 1. The van der Waals surface area contributed by atoms with Gasteiger partial charge in [0.25, 0.3) is 5.69 Å². The lowest BCUT2D eigenvalue weighted by molar-refractivity contribution is -0.385. The maximum atomic E-state index is 10.4. The predicted molar refractivity (Wildman–Crippen MR) is 64.2 cm³/mol. The molecule has 2 aromatic rings. The number of para-hydroxylation sites is 1. The van der Waals surface area contributed by atoms with Crippen molar-refractivity contribution in [3.8, 4) is 0 Å². The van der Waals surface area contributed by atoms with E-state index < -0.39 is 10.9 Å². The van der Waals surface area contributed by atoms with E-state index in [2.05, 4.69) is 4.42 Å². The molecule has 0 atom stereocenters.